The van der Waals surface area contributed by atoms with Crippen LogP contribution in [0.1, 0.15) is 19.3 Å². The van der Waals surface area contributed by atoms with Crippen LogP contribution in [0.2, 0.25) is 0 Å². The summed E-state index contributed by atoms with van der Waals surface area (Å²) in [6.45, 7) is 2.78. The number of carbonyl (C=O) groups is 1. The van der Waals surface area contributed by atoms with Crippen LogP contribution < -0.4 is 5.32 Å². The maximum absolute atomic E-state index is 11.7. The molecule has 1 N–H and O–H groups in total. The van der Waals surface area contributed by atoms with Crippen molar-refractivity contribution in [2.45, 2.75) is 37.9 Å². The van der Waals surface area contributed by atoms with Crippen LogP contribution in [0.3, 0.4) is 0 Å². The fraction of sp³-hybridized carbons (Fsp3) is 0.667. The van der Waals surface area contributed by atoms with E-state index >= 15 is 0 Å². The van der Waals surface area contributed by atoms with Gasteiger partial charge in [-0.2, -0.15) is 0 Å². The minimum atomic E-state index is 0.327. The van der Waals surface area contributed by atoms with Crippen molar-refractivity contribution in [3.63, 3.8) is 0 Å². The van der Waals surface area contributed by atoms with E-state index in [1.165, 1.54) is 0 Å². The Morgan fingerprint density at radius 2 is 2.47 bits per heavy atom. The summed E-state index contributed by atoms with van der Waals surface area (Å²) >= 11 is 0. The molecule has 17 heavy (non-hydrogen) atoms. The molecule has 92 valence electrons. The smallest absolute Gasteiger partial charge is 0.224 e. The van der Waals surface area contributed by atoms with Crippen LogP contribution in [0.15, 0.2) is 18.7 Å². The minimum Gasteiger partial charge on any atom is -0.338 e. The molecule has 5 nitrogen and oxygen atoms in total. The number of amides is 1. The third-order valence-electron chi connectivity index (χ3n) is 3.81. The molecule has 1 aromatic heterocycles. The molecule has 2 saturated heterocycles. The first-order valence-corrected chi connectivity index (χ1v) is 6.33. The second-order valence-corrected chi connectivity index (χ2v) is 4.86. The van der Waals surface area contributed by atoms with E-state index in [9.17, 15) is 4.79 Å². The number of carbonyl (C=O) groups excluding carboxylic acids is 1. The Bertz CT molecular complexity index is 389. The summed E-state index contributed by atoms with van der Waals surface area (Å²) in [4.78, 5) is 17.8. The van der Waals surface area contributed by atoms with Crippen LogP contribution >= 0.6 is 0 Å². The van der Waals surface area contributed by atoms with Gasteiger partial charge in [0, 0.05) is 50.5 Å². The molecule has 0 spiro atoms. The molecule has 2 aliphatic rings. The van der Waals surface area contributed by atoms with Gasteiger partial charge in [-0.25, -0.2) is 4.98 Å². The number of hydrogen-bond acceptors (Lipinski definition) is 3. The summed E-state index contributed by atoms with van der Waals surface area (Å²) in [5.41, 5.74) is 0. The number of hydrogen-bond donors (Lipinski definition) is 1. The van der Waals surface area contributed by atoms with E-state index in [2.05, 4.69) is 19.8 Å². The van der Waals surface area contributed by atoms with Crippen LogP contribution in [0, 0.1) is 0 Å². The first kappa shape index (κ1) is 10.8. The zero-order valence-corrected chi connectivity index (χ0v) is 9.88. The Balaban J connectivity index is 1.51. The van der Waals surface area contributed by atoms with Crippen molar-refractivity contribution in [3.05, 3.63) is 18.7 Å². The highest BCUT2D eigenvalue weighted by Crippen LogP contribution is 2.28. The summed E-state index contributed by atoms with van der Waals surface area (Å²) < 4.78 is 2.05. The van der Waals surface area contributed by atoms with Crippen LogP contribution in [-0.2, 0) is 11.3 Å². The number of nitrogens with zero attached hydrogens (tertiary/aromatic N) is 3. The predicted molar refractivity (Wildman–Crippen MR) is 63.4 cm³/mol. The normalized spacial score (nSPS) is 27.8. The van der Waals surface area contributed by atoms with Gasteiger partial charge in [-0.15, -0.1) is 0 Å². The van der Waals surface area contributed by atoms with Crippen LogP contribution in [0.25, 0.3) is 0 Å². The summed E-state index contributed by atoms with van der Waals surface area (Å²) in [7, 11) is 0. The zero-order chi connectivity index (χ0) is 11.7. The van der Waals surface area contributed by atoms with Crippen LogP contribution in [-0.4, -0.2) is 45.5 Å². The molecule has 2 aliphatic heterocycles. The first-order chi connectivity index (χ1) is 8.34. The molecule has 0 radical (unpaired) electrons. The number of fused-ring (bicyclic) bond motifs is 1. The van der Waals surface area contributed by atoms with E-state index in [1.807, 2.05) is 12.5 Å². The third-order valence-corrected chi connectivity index (χ3v) is 3.81. The fourth-order valence-electron chi connectivity index (χ4n) is 2.97. The van der Waals surface area contributed by atoms with E-state index in [-0.39, 0.29) is 0 Å². The summed E-state index contributed by atoms with van der Waals surface area (Å²) in [5, 5.41) is 3.51. The van der Waals surface area contributed by atoms with Crippen LogP contribution in [0.5, 0.6) is 0 Å². The maximum atomic E-state index is 11.7. The van der Waals surface area contributed by atoms with Gasteiger partial charge in [-0.05, 0) is 12.8 Å². The largest absolute Gasteiger partial charge is 0.338 e. The van der Waals surface area contributed by atoms with Crippen molar-refractivity contribution >= 4 is 5.91 Å². The van der Waals surface area contributed by atoms with Gasteiger partial charge in [0.2, 0.25) is 5.91 Å². The Morgan fingerprint density at radius 1 is 1.53 bits per heavy atom. The van der Waals surface area contributed by atoms with E-state index in [1.54, 1.807) is 6.20 Å². The third kappa shape index (κ3) is 2.07. The van der Waals surface area contributed by atoms with Gasteiger partial charge in [-0.1, -0.05) is 0 Å². The molecule has 2 unspecified atom stereocenters. The molecule has 2 atom stereocenters. The average Bonchev–Trinajstić information content (AvgIpc) is 3.01. The molecular formula is C12H18N4O. The van der Waals surface area contributed by atoms with E-state index in [0.29, 0.717) is 24.4 Å². The minimum absolute atomic E-state index is 0.327. The highest BCUT2D eigenvalue weighted by Gasteiger charge is 2.41. The second kappa shape index (κ2) is 4.49. The van der Waals surface area contributed by atoms with E-state index < -0.39 is 0 Å². The quantitative estimate of drug-likeness (QED) is 0.811. The molecule has 1 aromatic rings. The van der Waals surface area contributed by atoms with Gasteiger partial charge in [0.05, 0.1) is 6.33 Å². The lowest BCUT2D eigenvalue weighted by molar-refractivity contribution is -0.127. The second-order valence-electron chi connectivity index (χ2n) is 4.86. The maximum Gasteiger partial charge on any atom is 0.224 e. The van der Waals surface area contributed by atoms with Crippen molar-refractivity contribution in [3.8, 4) is 0 Å². The SMILES string of the molecule is O=C1CC(NCCn2ccnc2)C2CCCN12. The van der Waals surface area contributed by atoms with Crippen molar-refractivity contribution in [2.24, 2.45) is 0 Å². The molecule has 0 aromatic carbocycles. The molecule has 2 fully saturated rings. The molecular weight excluding hydrogens is 216 g/mol. The number of nitrogens with one attached hydrogen (secondary N) is 1. The molecule has 3 rings (SSSR count). The molecule has 5 heteroatoms. The van der Waals surface area contributed by atoms with Gasteiger partial charge >= 0.3 is 0 Å². The topological polar surface area (TPSA) is 50.2 Å². The molecule has 0 saturated carbocycles. The summed E-state index contributed by atoms with van der Waals surface area (Å²) in [6, 6.07) is 0.804. The molecule has 0 aliphatic carbocycles. The van der Waals surface area contributed by atoms with Gasteiger partial charge in [0.25, 0.3) is 0 Å². The van der Waals surface area contributed by atoms with Gasteiger partial charge < -0.3 is 14.8 Å². The fourth-order valence-corrected chi connectivity index (χ4v) is 2.97. The Kier molecular flexibility index (Phi) is 2.84. The molecule has 1 amide bonds. The first-order valence-electron chi connectivity index (χ1n) is 6.33. The van der Waals surface area contributed by atoms with Crippen LogP contribution in [0.4, 0.5) is 0 Å². The van der Waals surface area contributed by atoms with Crippen molar-refractivity contribution in [1.29, 1.82) is 0 Å². The van der Waals surface area contributed by atoms with Gasteiger partial charge in [0.15, 0.2) is 0 Å². The standard InChI is InChI=1S/C12H18N4O/c17-12-8-10(11-2-1-5-16(11)12)14-4-7-15-6-3-13-9-15/h3,6,9-11,14H,1-2,4-5,7-8H2. The van der Waals surface area contributed by atoms with Crippen molar-refractivity contribution in [2.75, 3.05) is 13.1 Å². The monoisotopic (exact) mass is 234 g/mol. The number of aromatic nitrogens is 2. The highest BCUT2D eigenvalue weighted by atomic mass is 16.2. The molecule has 0 bridgehead atoms. The predicted octanol–water partition coefficient (Wildman–Crippen LogP) is 0.236. The average molecular weight is 234 g/mol. The Labute approximate surface area is 101 Å². The van der Waals surface area contributed by atoms with E-state index in [0.717, 1.165) is 32.5 Å². The van der Waals surface area contributed by atoms with E-state index in [4.69, 9.17) is 0 Å². The molecule has 3 heterocycles. The van der Waals surface area contributed by atoms with Crippen molar-refractivity contribution in [1.82, 2.24) is 19.8 Å². The lowest BCUT2D eigenvalue weighted by Crippen LogP contribution is -2.40. The van der Waals surface area contributed by atoms with Gasteiger partial charge in [0.1, 0.15) is 0 Å². The summed E-state index contributed by atoms with van der Waals surface area (Å²) in [5.74, 6) is 0.327. The Morgan fingerprint density at radius 3 is 3.29 bits per heavy atom. The lowest BCUT2D eigenvalue weighted by Gasteiger charge is -2.21. The zero-order valence-electron chi connectivity index (χ0n) is 9.88. The summed E-state index contributed by atoms with van der Waals surface area (Å²) in [6.07, 6.45) is 8.57. The van der Waals surface area contributed by atoms with Gasteiger partial charge in [-0.3, -0.25) is 4.79 Å². The Hall–Kier alpha value is -1.36. The van der Waals surface area contributed by atoms with Crippen molar-refractivity contribution < 1.29 is 4.79 Å². The lowest BCUT2D eigenvalue weighted by atomic mass is 10.1. The highest BCUT2D eigenvalue weighted by molar-refractivity contribution is 5.80. The number of rotatable bonds is 4. The number of imidazole rings is 1.